The van der Waals surface area contributed by atoms with Crippen molar-refractivity contribution < 1.29 is 14.7 Å². The van der Waals surface area contributed by atoms with Gasteiger partial charge in [0.05, 0.1) is 11.5 Å². The molecule has 2 unspecified atom stereocenters. The number of H-pyrrole nitrogens is 1. The molecule has 7 heteroatoms. The van der Waals surface area contributed by atoms with E-state index in [0.29, 0.717) is 12.8 Å². The van der Waals surface area contributed by atoms with E-state index in [-0.39, 0.29) is 5.69 Å². The summed E-state index contributed by atoms with van der Waals surface area (Å²) < 4.78 is 0. The lowest BCUT2D eigenvalue weighted by atomic mass is 9.74. The smallest absolute Gasteiger partial charge is 0.308 e. The van der Waals surface area contributed by atoms with Crippen LogP contribution in [0.25, 0.3) is 0 Å². The summed E-state index contributed by atoms with van der Waals surface area (Å²) >= 11 is 0. The number of aromatic nitrogens is 2. The maximum Gasteiger partial charge on any atom is 0.308 e. The summed E-state index contributed by atoms with van der Waals surface area (Å²) in [6.45, 7) is 1.74. The Morgan fingerprint density at radius 3 is 2.80 bits per heavy atom. The Hall–Kier alpha value is -2.18. The van der Waals surface area contributed by atoms with Crippen LogP contribution in [-0.4, -0.2) is 32.7 Å². The molecule has 0 aromatic carbocycles. The molecule has 3 N–H and O–H groups in total. The van der Waals surface area contributed by atoms with Crippen LogP contribution in [0, 0.1) is 5.92 Å². The number of carbonyl (C=O) groups is 2. The predicted octanol–water partition coefficient (Wildman–Crippen LogP) is 0.533. The zero-order valence-electron chi connectivity index (χ0n) is 11.2. The van der Waals surface area contributed by atoms with E-state index in [0.717, 1.165) is 12.8 Å². The first-order chi connectivity index (χ1) is 9.42. The summed E-state index contributed by atoms with van der Waals surface area (Å²) in [5.41, 5.74) is -1.12. The molecule has 0 saturated heterocycles. The third kappa shape index (κ3) is 2.87. The highest BCUT2D eigenvalue weighted by Gasteiger charge is 2.42. The monoisotopic (exact) mass is 279 g/mol. The van der Waals surface area contributed by atoms with Crippen LogP contribution >= 0.6 is 0 Å². The van der Waals surface area contributed by atoms with Crippen molar-refractivity contribution in [2.24, 2.45) is 5.92 Å². The molecule has 1 aliphatic carbocycles. The van der Waals surface area contributed by atoms with Crippen molar-refractivity contribution in [3.05, 3.63) is 28.2 Å². The third-order valence-electron chi connectivity index (χ3n) is 3.82. The van der Waals surface area contributed by atoms with Gasteiger partial charge in [0.2, 0.25) is 0 Å². The Labute approximate surface area is 115 Å². The summed E-state index contributed by atoms with van der Waals surface area (Å²) in [6.07, 6.45) is 2.88. The Morgan fingerprint density at radius 2 is 2.20 bits per heavy atom. The molecule has 1 aliphatic rings. The number of hydrogen-bond acceptors (Lipinski definition) is 4. The Bertz CT molecular complexity index is 563. The average molecular weight is 279 g/mol. The van der Waals surface area contributed by atoms with Gasteiger partial charge >= 0.3 is 5.97 Å². The second kappa shape index (κ2) is 5.44. The highest BCUT2D eigenvalue weighted by molar-refractivity contribution is 5.93. The van der Waals surface area contributed by atoms with Crippen LogP contribution in [0.1, 0.15) is 43.1 Å². The zero-order valence-corrected chi connectivity index (χ0v) is 11.2. The van der Waals surface area contributed by atoms with Crippen LogP contribution in [-0.2, 0) is 4.79 Å². The molecule has 0 radical (unpaired) electrons. The van der Waals surface area contributed by atoms with Crippen molar-refractivity contribution in [2.75, 3.05) is 0 Å². The summed E-state index contributed by atoms with van der Waals surface area (Å²) in [7, 11) is 0. The van der Waals surface area contributed by atoms with Gasteiger partial charge in [-0.1, -0.05) is 12.8 Å². The lowest BCUT2D eigenvalue weighted by molar-refractivity contribution is -0.145. The van der Waals surface area contributed by atoms with Crippen molar-refractivity contribution in [1.82, 2.24) is 15.5 Å². The van der Waals surface area contributed by atoms with Crippen molar-refractivity contribution in [2.45, 2.75) is 38.1 Å². The number of carboxylic acid groups (broad SMARTS) is 1. The Balaban J connectivity index is 2.17. The fraction of sp³-hybridized carbons (Fsp3) is 0.538. The topological polar surface area (TPSA) is 112 Å². The van der Waals surface area contributed by atoms with Crippen LogP contribution in [0.15, 0.2) is 16.9 Å². The van der Waals surface area contributed by atoms with Gasteiger partial charge in [0.15, 0.2) is 0 Å². The van der Waals surface area contributed by atoms with Crippen LogP contribution in [0.2, 0.25) is 0 Å². The number of rotatable bonds is 3. The van der Waals surface area contributed by atoms with Crippen LogP contribution in [0.4, 0.5) is 0 Å². The number of nitrogens with one attached hydrogen (secondary N) is 2. The van der Waals surface area contributed by atoms with E-state index in [1.807, 2.05) is 0 Å². The van der Waals surface area contributed by atoms with Gasteiger partial charge in [-0.2, -0.15) is 5.10 Å². The van der Waals surface area contributed by atoms with Gasteiger partial charge in [0.1, 0.15) is 5.69 Å². The van der Waals surface area contributed by atoms with Gasteiger partial charge in [-0.05, 0) is 25.8 Å². The van der Waals surface area contributed by atoms with Gasteiger partial charge in [-0.15, -0.1) is 0 Å². The number of carbonyl (C=O) groups excluding carboxylic acids is 1. The molecule has 0 bridgehead atoms. The Morgan fingerprint density at radius 1 is 1.45 bits per heavy atom. The molecular formula is C13H17N3O4. The number of aliphatic carboxylic acids is 1. The number of amides is 1. The molecule has 20 heavy (non-hydrogen) atoms. The highest BCUT2D eigenvalue weighted by atomic mass is 16.4. The van der Waals surface area contributed by atoms with Crippen molar-refractivity contribution in [3.63, 3.8) is 0 Å². The quantitative estimate of drug-likeness (QED) is 0.747. The van der Waals surface area contributed by atoms with E-state index in [1.54, 1.807) is 6.92 Å². The van der Waals surface area contributed by atoms with E-state index >= 15 is 0 Å². The predicted molar refractivity (Wildman–Crippen MR) is 70.3 cm³/mol. The molecule has 0 aliphatic heterocycles. The van der Waals surface area contributed by atoms with Crippen LogP contribution in [0.3, 0.4) is 0 Å². The number of aromatic amines is 1. The lowest BCUT2D eigenvalue weighted by Gasteiger charge is -2.39. The van der Waals surface area contributed by atoms with Crippen molar-refractivity contribution in [3.8, 4) is 0 Å². The zero-order chi connectivity index (χ0) is 14.8. The molecule has 108 valence electrons. The number of hydrogen-bond donors (Lipinski definition) is 3. The molecule has 2 rings (SSSR count). The van der Waals surface area contributed by atoms with Crippen LogP contribution in [0.5, 0.6) is 0 Å². The molecule has 1 saturated carbocycles. The molecule has 1 amide bonds. The summed E-state index contributed by atoms with van der Waals surface area (Å²) in [5, 5.41) is 17.9. The SMILES string of the molecule is CC1(NC(=O)c2ccc(=O)[nH]n2)CCCCC1C(=O)O. The minimum Gasteiger partial charge on any atom is -0.481 e. The molecule has 2 atom stereocenters. The minimum absolute atomic E-state index is 0.0699. The first kappa shape index (κ1) is 14.2. The van der Waals surface area contributed by atoms with Crippen molar-refractivity contribution >= 4 is 11.9 Å². The van der Waals surface area contributed by atoms with E-state index in [4.69, 9.17) is 0 Å². The lowest BCUT2D eigenvalue weighted by Crippen LogP contribution is -2.55. The second-order valence-corrected chi connectivity index (χ2v) is 5.31. The van der Waals surface area contributed by atoms with E-state index in [1.165, 1.54) is 12.1 Å². The summed E-state index contributed by atoms with van der Waals surface area (Å²) in [5.74, 6) is -1.98. The van der Waals surface area contributed by atoms with Gasteiger partial charge in [-0.25, -0.2) is 5.10 Å². The normalized spacial score (nSPS) is 25.9. The van der Waals surface area contributed by atoms with E-state index in [9.17, 15) is 19.5 Å². The maximum atomic E-state index is 12.1. The first-order valence-corrected chi connectivity index (χ1v) is 6.53. The fourth-order valence-corrected chi connectivity index (χ4v) is 2.67. The molecule has 1 aromatic heterocycles. The van der Waals surface area contributed by atoms with Gasteiger partial charge in [0.25, 0.3) is 11.5 Å². The maximum absolute atomic E-state index is 12.1. The summed E-state index contributed by atoms with van der Waals surface area (Å²) in [4.78, 5) is 34.3. The van der Waals surface area contributed by atoms with E-state index in [2.05, 4.69) is 15.5 Å². The van der Waals surface area contributed by atoms with Gasteiger partial charge < -0.3 is 10.4 Å². The first-order valence-electron chi connectivity index (χ1n) is 6.53. The molecule has 0 spiro atoms. The highest BCUT2D eigenvalue weighted by Crippen LogP contribution is 2.34. The van der Waals surface area contributed by atoms with Crippen molar-refractivity contribution in [1.29, 1.82) is 0 Å². The Kier molecular flexibility index (Phi) is 3.87. The second-order valence-electron chi connectivity index (χ2n) is 5.31. The minimum atomic E-state index is -0.901. The van der Waals surface area contributed by atoms with Gasteiger partial charge in [0, 0.05) is 6.07 Å². The standard InChI is InChI=1S/C13H17N3O4/c1-13(7-3-2-4-8(13)12(19)20)14-11(18)9-5-6-10(17)16-15-9/h5-6,8H,2-4,7H2,1H3,(H,14,18)(H,16,17)(H,19,20). The fourth-order valence-electron chi connectivity index (χ4n) is 2.67. The van der Waals surface area contributed by atoms with Crippen LogP contribution < -0.4 is 10.9 Å². The number of carboxylic acids is 1. The number of nitrogens with zero attached hydrogens (tertiary/aromatic N) is 1. The molecular weight excluding hydrogens is 262 g/mol. The third-order valence-corrected chi connectivity index (χ3v) is 3.82. The summed E-state index contributed by atoms with van der Waals surface area (Å²) in [6, 6.07) is 2.52. The molecule has 7 nitrogen and oxygen atoms in total. The molecule has 1 fully saturated rings. The molecule has 1 aromatic rings. The largest absolute Gasteiger partial charge is 0.481 e. The van der Waals surface area contributed by atoms with E-state index < -0.39 is 28.9 Å². The molecule has 1 heterocycles. The average Bonchev–Trinajstić information content (AvgIpc) is 2.39. The van der Waals surface area contributed by atoms with Gasteiger partial charge in [-0.3, -0.25) is 14.4 Å².